The molecule has 1 spiro atoms. The molecule has 2 aliphatic heterocycles. The van der Waals surface area contributed by atoms with Crippen molar-refractivity contribution >= 4 is 5.91 Å². The van der Waals surface area contributed by atoms with Gasteiger partial charge in [-0.15, -0.1) is 0 Å². The lowest BCUT2D eigenvalue weighted by molar-refractivity contribution is -0.139. The van der Waals surface area contributed by atoms with E-state index in [2.05, 4.69) is 26.8 Å². The molecule has 2 aliphatic rings. The number of likely N-dealkylation sites (tertiary alicyclic amines) is 2. The third-order valence-corrected chi connectivity index (χ3v) is 5.88. The number of nitrogens with zero attached hydrogens (tertiary/aromatic N) is 5. The molecule has 0 aromatic carbocycles. The highest BCUT2D eigenvalue weighted by Gasteiger charge is 2.41. The molecule has 6 nitrogen and oxygen atoms in total. The Morgan fingerprint density at radius 1 is 1.11 bits per heavy atom. The number of pyridine rings is 1. The van der Waals surface area contributed by atoms with Gasteiger partial charge >= 0.3 is 0 Å². The quantitative estimate of drug-likeness (QED) is 0.834. The van der Waals surface area contributed by atoms with Gasteiger partial charge in [0.15, 0.2) is 5.82 Å². The van der Waals surface area contributed by atoms with Crippen molar-refractivity contribution in [3.05, 3.63) is 42.4 Å². The first kappa shape index (κ1) is 18.0. The number of carbonyl (C=O) groups excluding carboxylic acids is 1. The Labute approximate surface area is 160 Å². The van der Waals surface area contributed by atoms with Gasteiger partial charge in [-0.05, 0) is 44.9 Å². The fourth-order valence-corrected chi connectivity index (χ4v) is 4.49. The number of amides is 1. The van der Waals surface area contributed by atoms with Crippen LogP contribution < -0.4 is 0 Å². The number of hydrogen-bond donors (Lipinski definition) is 0. The summed E-state index contributed by atoms with van der Waals surface area (Å²) < 4.78 is 0. The summed E-state index contributed by atoms with van der Waals surface area (Å²) in [5, 5.41) is 0. The van der Waals surface area contributed by atoms with Crippen LogP contribution in [0.15, 0.2) is 36.8 Å². The van der Waals surface area contributed by atoms with Crippen molar-refractivity contribution in [3.8, 4) is 11.5 Å². The summed E-state index contributed by atoms with van der Waals surface area (Å²) in [6.07, 6.45) is 9.73. The first-order valence-corrected chi connectivity index (χ1v) is 9.90. The first-order chi connectivity index (χ1) is 13.2. The second-order valence-electron chi connectivity index (χ2n) is 7.85. The van der Waals surface area contributed by atoms with Crippen molar-refractivity contribution in [2.75, 3.05) is 26.2 Å². The minimum absolute atomic E-state index is 0.261. The number of carbonyl (C=O) groups is 1. The lowest BCUT2D eigenvalue weighted by Gasteiger charge is -2.48. The molecule has 4 rings (SSSR count). The Hall–Kier alpha value is -2.34. The third kappa shape index (κ3) is 4.00. The third-order valence-electron chi connectivity index (χ3n) is 5.88. The minimum atomic E-state index is 0.261. The monoisotopic (exact) mass is 365 g/mol. The van der Waals surface area contributed by atoms with Crippen molar-refractivity contribution in [1.29, 1.82) is 0 Å². The minimum Gasteiger partial charge on any atom is -0.342 e. The van der Waals surface area contributed by atoms with Crippen LogP contribution in [0.4, 0.5) is 0 Å². The molecule has 2 fully saturated rings. The average molecular weight is 365 g/mol. The van der Waals surface area contributed by atoms with Crippen LogP contribution in [-0.2, 0) is 11.3 Å². The number of hydrogen-bond acceptors (Lipinski definition) is 5. The second-order valence-corrected chi connectivity index (χ2v) is 7.85. The molecule has 0 saturated carbocycles. The van der Waals surface area contributed by atoms with E-state index in [1.807, 2.05) is 35.5 Å². The van der Waals surface area contributed by atoms with Crippen molar-refractivity contribution in [2.45, 2.75) is 39.2 Å². The van der Waals surface area contributed by atoms with Gasteiger partial charge in [0.25, 0.3) is 0 Å². The molecule has 142 valence electrons. The molecular formula is C21H27N5O. The molecule has 1 amide bonds. The predicted octanol–water partition coefficient (Wildman–Crippen LogP) is 2.76. The van der Waals surface area contributed by atoms with Crippen LogP contribution in [0.5, 0.6) is 0 Å². The Morgan fingerprint density at radius 3 is 2.70 bits per heavy atom. The van der Waals surface area contributed by atoms with Crippen molar-refractivity contribution in [2.24, 2.45) is 5.41 Å². The molecular weight excluding hydrogens is 338 g/mol. The Morgan fingerprint density at radius 2 is 1.96 bits per heavy atom. The Kier molecular flexibility index (Phi) is 5.16. The molecule has 0 radical (unpaired) electrons. The highest BCUT2D eigenvalue weighted by atomic mass is 16.2. The molecule has 6 heteroatoms. The van der Waals surface area contributed by atoms with Gasteiger partial charge in [-0.25, -0.2) is 9.97 Å². The van der Waals surface area contributed by atoms with E-state index in [9.17, 15) is 4.79 Å². The van der Waals surface area contributed by atoms with E-state index in [0.717, 1.165) is 50.4 Å². The highest BCUT2D eigenvalue weighted by molar-refractivity contribution is 5.77. The van der Waals surface area contributed by atoms with E-state index in [-0.39, 0.29) is 5.41 Å². The number of rotatable bonds is 4. The van der Waals surface area contributed by atoms with E-state index in [1.165, 1.54) is 12.8 Å². The van der Waals surface area contributed by atoms with Crippen molar-refractivity contribution in [1.82, 2.24) is 24.8 Å². The maximum absolute atomic E-state index is 12.1. The lowest BCUT2D eigenvalue weighted by Crippen LogP contribution is -2.53. The largest absolute Gasteiger partial charge is 0.342 e. The van der Waals surface area contributed by atoms with Crippen LogP contribution in [0.2, 0.25) is 0 Å². The maximum Gasteiger partial charge on any atom is 0.222 e. The molecule has 1 unspecified atom stereocenters. The van der Waals surface area contributed by atoms with Gasteiger partial charge in [0, 0.05) is 62.2 Å². The lowest BCUT2D eigenvalue weighted by atomic mass is 9.73. The molecule has 4 heterocycles. The molecule has 2 aromatic rings. The maximum atomic E-state index is 12.1. The molecule has 0 bridgehead atoms. The first-order valence-electron chi connectivity index (χ1n) is 9.90. The van der Waals surface area contributed by atoms with Crippen molar-refractivity contribution in [3.63, 3.8) is 0 Å². The fourth-order valence-electron chi connectivity index (χ4n) is 4.49. The zero-order chi connectivity index (χ0) is 18.7. The summed E-state index contributed by atoms with van der Waals surface area (Å²) in [7, 11) is 0. The summed E-state index contributed by atoms with van der Waals surface area (Å²) in [6.45, 7) is 6.84. The van der Waals surface area contributed by atoms with Gasteiger partial charge in [0.2, 0.25) is 5.91 Å². The SMILES string of the molecule is CCN1CC2(CCCN(Cc3cnc(-c4ccccn4)nc3)C2)CCC1=O. The average Bonchev–Trinajstić information content (AvgIpc) is 2.71. The summed E-state index contributed by atoms with van der Waals surface area (Å²) in [4.78, 5) is 29.9. The van der Waals surface area contributed by atoms with E-state index in [0.29, 0.717) is 18.2 Å². The highest BCUT2D eigenvalue weighted by Crippen LogP contribution is 2.39. The van der Waals surface area contributed by atoms with Gasteiger partial charge in [-0.2, -0.15) is 0 Å². The van der Waals surface area contributed by atoms with Crippen molar-refractivity contribution < 1.29 is 4.79 Å². The fraction of sp³-hybridized carbons (Fsp3) is 0.524. The van der Waals surface area contributed by atoms with Crippen LogP contribution in [0.3, 0.4) is 0 Å². The molecule has 2 aromatic heterocycles. The zero-order valence-electron chi connectivity index (χ0n) is 16.0. The second kappa shape index (κ2) is 7.72. The topological polar surface area (TPSA) is 62.2 Å². The predicted molar refractivity (Wildman–Crippen MR) is 104 cm³/mol. The standard InChI is InChI=1S/C21H27N5O/c1-2-26-16-21(9-7-19(26)27)8-5-11-25(15-21)14-17-12-23-20(24-13-17)18-6-3-4-10-22-18/h3-4,6,10,12-13H,2,5,7-9,11,14-16H2,1H3. The van der Waals surface area contributed by atoms with Gasteiger partial charge in [-0.1, -0.05) is 6.07 Å². The van der Waals surface area contributed by atoms with Gasteiger partial charge in [0.05, 0.1) is 0 Å². The van der Waals surface area contributed by atoms with Crippen LogP contribution >= 0.6 is 0 Å². The van der Waals surface area contributed by atoms with E-state index >= 15 is 0 Å². The van der Waals surface area contributed by atoms with Gasteiger partial charge < -0.3 is 4.90 Å². The smallest absolute Gasteiger partial charge is 0.222 e. The van der Waals surface area contributed by atoms with Gasteiger partial charge in [-0.3, -0.25) is 14.7 Å². The molecule has 27 heavy (non-hydrogen) atoms. The summed E-state index contributed by atoms with van der Waals surface area (Å²) in [6, 6.07) is 5.76. The van der Waals surface area contributed by atoms with Gasteiger partial charge in [0.1, 0.15) is 5.69 Å². The normalized spacial score (nSPS) is 23.7. The van der Waals surface area contributed by atoms with E-state index < -0.39 is 0 Å². The molecule has 2 saturated heterocycles. The Balaban J connectivity index is 1.41. The zero-order valence-corrected chi connectivity index (χ0v) is 16.0. The summed E-state index contributed by atoms with van der Waals surface area (Å²) in [5.74, 6) is 0.984. The van der Waals surface area contributed by atoms with E-state index in [1.54, 1.807) is 6.20 Å². The van der Waals surface area contributed by atoms with Crippen LogP contribution in [-0.4, -0.2) is 56.8 Å². The summed E-state index contributed by atoms with van der Waals surface area (Å²) in [5.41, 5.74) is 2.19. The van der Waals surface area contributed by atoms with Crippen LogP contribution in [0.25, 0.3) is 11.5 Å². The van der Waals surface area contributed by atoms with Crippen LogP contribution in [0.1, 0.15) is 38.2 Å². The Bertz CT molecular complexity index is 779. The van der Waals surface area contributed by atoms with E-state index in [4.69, 9.17) is 0 Å². The molecule has 0 N–H and O–H groups in total. The number of aromatic nitrogens is 3. The van der Waals surface area contributed by atoms with Crippen LogP contribution in [0, 0.1) is 5.41 Å². The summed E-state index contributed by atoms with van der Waals surface area (Å²) >= 11 is 0. The molecule has 1 atom stereocenters. The molecule has 0 aliphatic carbocycles. The number of piperidine rings is 2.